The summed E-state index contributed by atoms with van der Waals surface area (Å²) in [6.45, 7) is 0. The molecule has 1 aliphatic carbocycles. The molecule has 0 spiro atoms. The number of nitrogens with one attached hydrogen (secondary N) is 1. The monoisotopic (exact) mass is 497 g/mol. The van der Waals surface area contributed by atoms with Gasteiger partial charge in [-0.05, 0) is 0 Å². The quantitative estimate of drug-likeness (QED) is 0.447. The van der Waals surface area contributed by atoms with Crippen LogP contribution in [0.1, 0.15) is 32.1 Å². The molecule has 19 heavy (non-hydrogen) atoms. The van der Waals surface area contributed by atoms with Crippen LogP contribution in [0.25, 0.3) is 0 Å². The van der Waals surface area contributed by atoms with E-state index in [4.69, 9.17) is 33.3 Å². The third kappa shape index (κ3) is 5.56. The summed E-state index contributed by atoms with van der Waals surface area (Å²) in [6.07, 6.45) is 4.58. The van der Waals surface area contributed by atoms with Gasteiger partial charge < -0.3 is 0 Å². The predicted molar refractivity (Wildman–Crippen MR) is 70.8 cm³/mol. The van der Waals surface area contributed by atoms with Crippen LogP contribution in [0.4, 0.5) is 0 Å². The van der Waals surface area contributed by atoms with Crippen LogP contribution in [0, 0.1) is 0 Å². The Morgan fingerprint density at radius 3 is 1.89 bits per heavy atom. The molecule has 6 nitrogen and oxygen atoms in total. The molecule has 1 fully saturated rings. The first-order valence-electron chi connectivity index (χ1n) is 5.69. The van der Waals surface area contributed by atoms with E-state index in [1.807, 2.05) is 0 Å². The molecule has 0 aromatic heterocycles. The van der Waals surface area contributed by atoms with Crippen LogP contribution in [0.2, 0.25) is 9.62 Å². The number of hydrogen-bond donors (Lipinski definition) is 4. The first-order chi connectivity index (χ1) is 8.44. The molecule has 118 valence electrons. The molecule has 0 aliphatic heterocycles. The molecule has 0 amide bonds. The number of aliphatic carboxylic acids is 2. The van der Waals surface area contributed by atoms with Crippen LogP contribution in [-0.4, -0.2) is 28.2 Å². The van der Waals surface area contributed by atoms with Gasteiger partial charge in [0.05, 0.1) is 0 Å². The average Bonchev–Trinajstić information content (AvgIpc) is 2.12. The van der Waals surface area contributed by atoms with Crippen molar-refractivity contribution in [3.05, 3.63) is 0 Å². The number of carbonyl (C=O) groups is 2. The van der Waals surface area contributed by atoms with Gasteiger partial charge in [0.1, 0.15) is 0 Å². The van der Waals surface area contributed by atoms with Crippen molar-refractivity contribution in [3.8, 4) is 0 Å². The summed E-state index contributed by atoms with van der Waals surface area (Å²) in [6, 6.07) is -0.116. The predicted octanol–water partition coefficient (Wildman–Crippen LogP) is 2.24. The molecular formula is C10H20Cl2N2O4Pt. The van der Waals surface area contributed by atoms with Crippen molar-refractivity contribution in [2.24, 2.45) is 4.29 Å². The summed E-state index contributed by atoms with van der Waals surface area (Å²) >= 11 is -5.76. The molecule has 0 saturated heterocycles. The molecule has 0 atom stereocenters. The van der Waals surface area contributed by atoms with Gasteiger partial charge in [0.15, 0.2) is 0 Å². The molecule has 0 aromatic rings. The van der Waals surface area contributed by atoms with Gasteiger partial charge in [-0.1, -0.05) is 0 Å². The molecule has 0 bridgehead atoms. The van der Waals surface area contributed by atoms with Crippen LogP contribution in [0.3, 0.4) is 0 Å². The fourth-order valence-electron chi connectivity index (χ4n) is 2.14. The van der Waals surface area contributed by atoms with Gasteiger partial charge in [0.25, 0.3) is 0 Å². The van der Waals surface area contributed by atoms with Gasteiger partial charge in [-0.15, -0.1) is 0 Å². The summed E-state index contributed by atoms with van der Waals surface area (Å²) in [4.78, 5) is 20.6. The molecule has 1 rings (SSSR count). The van der Waals surface area contributed by atoms with E-state index in [1.165, 1.54) is 0 Å². The van der Waals surface area contributed by atoms with Gasteiger partial charge >= 0.3 is 118 Å². The summed E-state index contributed by atoms with van der Waals surface area (Å²) in [7, 11) is 12.7. The van der Waals surface area contributed by atoms with E-state index in [1.54, 1.807) is 0 Å². The zero-order chi connectivity index (χ0) is 14.8. The maximum atomic E-state index is 11.0. The third-order valence-electron chi connectivity index (χ3n) is 2.74. The molecule has 1 saturated carbocycles. The van der Waals surface area contributed by atoms with Gasteiger partial charge in [-0.25, -0.2) is 0 Å². The normalized spacial score (nSPS) is 21.4. The minimum atomic E-state index is -5.76. The molecule has 0 aromatic carbocycles. The van der Waals surface area contributed by atoms with Crippen LogP contribution in [-0.2, 0) is 21.6 Å². The van der Waals surface area contributed by atoms with Gasteiger partial charge in [-0.3, -0.25) is 0 Å². The van der Waals surface area contributed by atoms with Gasteiger partial charge in [0.2, 0.25) is 0 Å². The number of halogens is 2. The van der Waals surface area contributed by atoms with E-state index in [0.29, 0.717) is 0 Å². The van der Waals surface area contributed by atoms with Crippen molar-refractivity contribution in [2.75, 3.05) is 0 Å². The Balaban J connectivity index is 3.02. The van der Waals surface area contributed by atoms with Gasteiger partial charge in [-0.2, -0.15) is 0 Å². The maximum absolute atomic E-state index is 11.0. The van der Waals surface area contributed by atoms with Crippen molar-refractivity contribution in [1.29, 1.82) is 0 Å². The number of carboxylic acids is 2. The fraction of sp³-hybridized carbons (Fsp3) is 0.800. The topological polar surface area (TPSA) is 113 Å². The summed E-state index contributed by atoms with van der Waals surface area (Å²) in [5.41, 5.74) is 0. The fourth-order valence-corrected chi connectivity index (χ4v) is 13.5. The van der Waals surface area contributed by atoms with Crippen LogP contribution < -0.4 is 8.17 Å². The van der Waals surface area contributed by atoms with Crippen LogP contribution in [0.15, 0.2) is 0 Å². The standard InChI is InChI=1S/C6H12N.2C2H3O2.2ClH.H2N.Pt/c7-6-4-2-1-3-5-6;2*1-2(3)4;;;;/h6-7H,1-5H2;2*1H2,(H,3,4);2*1H;1H2;/q-1;;;;;-1;+4/p-2. The molecule has 1 aliphatic rings. The Hall–Kier alpha value is 0.128. The van der Waals surface area contributed by atoms with E-state index >= 15 is 0 Å². The third-order valence-corrected chi connectivity index (χ3v) is 14.8. The van der Waals surface area contributed by atoms with E-state index in [2.05, 4.69) is 3.88 Å². The van der Waals surface area contributed by atoms with Gasteiger partial charge in [0, 0.05) is 0 Å². The van der Waals surface area contributed by atoms with Crippen LogP contribution in [0.5, 0.6) is 0 Å². The van der Waals surface area contributed by atoms with E-state index in [-0.39, 0.29) is 6.04 Å². The molecule has 5 N–H and O–H groups in total. The first-order valence-corrected chi connectivity index (χ1v) is 17.0. The second kappa shape index (κ2) is 5.15. The Kier molecular flexibility index (Phi) is 4.66. The Labute approximate surface area is 118 Å². The average molecular weight is 498 g/mol. The van der Waals surface area contributed by atoms with Crippen molar-refractivity contribution in [1.82, 2.24) is 3.88 Å². The second-order valence-electron chi connectivity index (χ2n) is 4.81. The molecule has 0 unspecified atom stereocenters. The van der Waals surface area contributed by atoms with Crippen molar-refractivity contribution >= 4 is 30.8 Å². The number of rotatable bonds is 6. The number of nitrogens with two attached hydrogens (primary N) is 1. The molecule has 9 heteroatoms. The molecule has 0 radical (unpaired) electrons. The van der Waals surface area contributed by atoms with Crippen molar-refractivity contribution in [3.63, 3.8) is 0 Å². The Morgan fingerprint density at radius 1 is 1.11 bits per heavy atom. The second-order valence-corrected chi connectivity index (χ2v) is 29.6. The minimum absolute atomic E-state index is 0.116. The molecular weight excluding hydrogens is 478 g/mol. The Morgan fingerprint density at radius 2 is 1.53 bits per heavy atom. The summed E-state index contributed by atoms with van der Waals surface area (Å²) in [5.74, 6) is -2.58. The number of carboxylic acid groups (broad SMARTS) is 2. The van der Waals surface area contributed by atoms with E-state index in [9.17, 15) is 9.59 Å². The zero-order valence-electron chi connectivity index (χ0n) is 10.4. The zero-order valence-corrected chi connectivity index (χ0v) is 14.2. The van der Waals surface area contributed by atoms with E-state index in [0.717, 1.165) is 32.1 Å². The van der Waals surface area contributed by atoms with Crippen LogP contribution >= 0.6 is 18.8 Å². The van der Waals surface area contributed by atoms with Crippen molar-refractivity contribution < 1.29 is 31.8 Å². The summed E-state index contributed by atoms with van der Waals surface area (Å²) < 4.78 is 8.94. The number of hydrogen-bond acceptors (Lipinski definition) is 4. The first kappa shape index (κ1) is 17.2. The van der Waals surface area contributed by atoms with Crippen molar-refractivity contribution in [2.45, 2.75) is 47.8 Å². The SMILES string of the molecule is [NH2][Pt]([Cl])([Cl])([CH2]C(=O)O)([CH2]C(=O)O)[NH]C1CCCCC1. The molecule has 0 heterocycles. The summed E-state index contributed by atoms with van der Waals surface area (Å²) in [5, 5.41) is 18.0. The van der Waals surface area contributed by atoms with E-state index < -0.39 is 33.5 Å². The Bertz CT molecular complexity index is 379.